The first-order valence-electron chi connectivity index (χ1n) is 9.50. The average Bonchev–Trinajstić information content (AvgIpc) is 3.32. The monoisotopic (exact) mass is 352 g/mol. The van der Waals surface area contributed by atoms with Crippen LogP contribution in [-0.4, -0.2) is 23.9 Å². The second-order valence-corrected chi connectivity index (χ2v) is 7.57. The van der Waals surface area contributed by atoms with E-state index in [9.17, 15) is 9.18 Å². The van der Waals surface area contributed by atoms with Gasteiger partial charge in [0.05, 0.1) is 5.41 Å². The molecule has 1 saturated carbocycles. The largest absolute Gasteiger partial charge is 0.351 e. The predicted molar refractivity (Wildman–Crippen MR) is 100 cm³/mol. The zero-order valence-corrected chi connectivity index (χ0v) is 15.0. The highest BCUT2D eigenvalue weighted by atomic mass is 19.1. The molecule has 1 saturated heterocycles. The van der Waals surface area contributed by atoms with E-state index in [2.05, 4.69) is 34.5 Å². The van der Waals surface area contributed by atoms with Crippen LogP contribution in [0.4, 0.5) is 4.39 Å². The van der Waals surface area contributed by atoms with Crippen molar-refractivity contribution in [3.8, 4) is 0 Å². The Hall–Kier alpha value is -2.20. The third-order valence-corrected chi connectivity index (χ3v) is 5.66. The summed E-state index contributed by atoms with van der Waals surface area (Å²) in [6, 6.07) is 14.8. The summed E-state index contributed by atoms with van der Waals surface area (Å²) in [7, 11) is 0. The number of amides is 1. The van der Waals surface area contributed by atoms with E-state index in [0.717, 1.165) is 30.5 Å². The minimum Gasteiger partial charge on any atom is -0.351 e. The molecule has 136 valence electrons. The molecule has 0 spiro atoms. The maximum Gasteiger partial charge on any atom is 0.230 e. The molecule has 4 rings (SSSR count). The molecule has 0 unspecified atom stereocenters. The first kappa shape index (κ1) is 17.2. The summed E-state index contributed by atoms with van der Waals surface area (Å²) in [5.41, 5.74) is 2.89. The molecule has 1 aliphatic carbocycles. The van der Waals surface area contributed by atoms with E-state index in [1.165, 1.54) is 43.6 Å². The molecule has 2 aromatic rings. The average molecular weight is 352 g/mol. The number of nitrogens with zero attached hydrogens (tertiary/aromatic N) is 1. The van der Waals surface area contributed by atoms with Crippen molar-refractivity contribution in [2.24, 2.45) is 0 Å². The van der Waals surface area contributed by atoms with Gasteiger partial charge in [0.1, 0.15) is 5.82 Å². The fraction of sp³-hybridized carbons (Fsp3) is 0.409. The van der Waals surface area contributed by atoms with Gasteiger partial charge in [-0.3, -0.25) is 9.69 Å². The summed E-state index contributed by atoms with van der Waals surface area (Å²) in [6.45, 7) is 3.94. The highest BCUT2D eigenvalue weighted by Crippen LogP contribution is 2.48. The van der Waals surface area contributed by atoms with Crippen LogP contribution in [0.5, 0.6) is 0 Å². The summed E-state index contributed by atoms with van der Waals surface area (Å²) in [6.07, 6.45) is 4.28. The predicted octanol–water partition coefficient (Wildman–Crippen LogP) is 3.77. The highest BCUT2D eigenvalue weighted by Gasteiger charge is 2.51. The number of nitrogens with one attached hydrogen (secondary N) is 1. The number of rotatable bonds is 6. The summed E-state index contributed by atoms with van der Waals surface area (Å²) < 4.78 is 13.1. The number of halogens is 1. The summed E-state index contributed by atoms with van der Waals surface area (Å²) >= 11 is 0. The molecule has 0 aromatic heterocycles. The minimum absolute atomic E-state index is 0.0465. The fourth-order valence-corrected chi connectivity index (χ4v) is 3.85. The summed E-state index contributed by atoms with van der Waals surface area (Å²) in [5.74, 6) is -0.218. The molecule has 0 atom stereocenters. The molecule has 2 aromatic carbocycles. The van der Waals surface area contributed by atoms with Gasteiger partial charge >= 0.3 is 0 Å². The Balaban J connectivity index is 1.33. The highest BCUT2D eigenvalue weighted by molar-refractivity contribution is 5.91. The van der Waals surface area contributed by atoms with Crippen LogP contribution in [0.3, 0.4) is 0 Å². The number of carbonyl (C=O) groups excluding carboxylic acids is 1. The molecular formula is C22H25FN2O. The van der Waals surface area contributed by atoms with Crippen LogP contribution in [0.25, 0.3) is 0 Å². The molecule has 0 radical (unpaired) electrons. The van der Waals surface area contributed by atoms with Crippen molar-refractivity contribution in [3.63, 3.8) is 0 Å². The Bertz CT molecular complexity index is 760. The van der Waals surface area contributed by atoms with Crippen LogP contribution >= 0.6 is 0 Å². The van der Waals surface area contributed by atoms with Gasteiger partial charge in [-0.1, -0.05) is 36.4 Å². The van der Waals surface area contributed by atoms with Gasteiger partial charge in [-0.25, -0.2) is 4.39 Å². The van der Waals surface area contributed by atoms with Gasteiger partial charge in [-0.2, -0.15) is 0 Å². The fourth-order valence-electron chi connectivity index (χ4n) is 3.85. The van der Waals surface area contributed by atoms with Crippen molar-refractivity contribution in [1.82, 2.24) is 10.2 Å². The lowest BCUT2D eigenvalue weighted by molar-refractivity contribution is -0.123. The standard InChI is InChI=1S/C22H25FN2O/c23-20-9-7-19(8-10-20)22(11-12-22)21(26)24-15-17-3-5-18(6-4-17)16-25-13-1-2-14-25/h3-10H,1-2,11-16H2,(H,24,26). The maximum absolute atomic E-state index is 13.1. The number of hydrogen-bond donors (Lipinski definition) is 1. The van der Waals surface area contributed by atoms with Gasteiger partial charge in [0, 0.05) is 13.1 Å². The van der Waals surface area contributed by atoms with Crippen molar-refractivity contribution in [2.75, 3.05) is 13.1 Å². The van der Waals surface area contributed by atoms with E-state index >= 15 is 0 Å². The number of likely N-dealkylation sites (tertiary alicyclic amines) is 1. The molecular weight excluding hydrogens is 327 g/mol. The van der Waals surface area contributed by atoms with E-state index in [1.54, 1.807) is 12.1 Å². The van der Waals surface area contributed by atoms with Crippen molar-refractivity contribution >= 4 is 5.91 Å². The van der Waals surface area contributed by atoms with Crippen LogP contribution in [-0.2, 0) is 23.3 Å². The first-order valence-corrected chi connectivity index (χ1v) is 9.50. The zero-order valence-electron chi connectivity index (χ0n) is 15.0. The molecule has 26 heavy (non-hydrogen) atoms. The van der Waals surface area contributed by atoms with Crippen LogP contribution < -0.4 is 5.32 Å². The first-order chi connectivity index (χ1) is 12.7. The van der Waals surface area contributed by atoms with Gasteiger partial charge in [0.15, 0.2) is 0 Å². The summed E-state index contributed by atoms with van der Waals surface area (Å²) in [4.78, 5) is 15.2. The van der Waals surface area contributed by atoms with Gasteiger partial charge < -0.3 is 5.32 Å². The van der Waals surface area contributed by atoms with E-state index in [0.29, 0.717) is 6.54 Å². The normalized spacial score (nSPS) is 18.7. The van der Waals surface area contributed by atoms with Crippen LogP contribution in [0, 0.1) is 5.82 Å². The molecule has 1 amide bonds. The molecule has 4 heteroatoms. The third-order valence-electron chi connectivity index (χ3n) is 5.66. The van der Waals surface area contributed by atoms with Crippen LogP contribution in [0.15, 0.2) is 48.5 Å². The lowest BCUT2D eigenvalue weighted by Gasteiger charge is -2.17. The maximum atomic E-state index is 13.1. The van der Waals surface area contributed by atoms with Gasteiger partial charge in [0.25, 0.3) is 0 Å². The zero-order chi connectivity index (χ0) is 18.0. The topological polar surface area (TPSA) is 32.3 Å². The lowest BCUT2D eigenvalue weighted by Crippen LogP contribution is -2.34. The third kappa shape index (κ3) is 3.65. The van der Waals surface area contributed by atoms with Crippen molar-refractivity contribution < 1.29 is 9.18 Å². The van der Waals surface area contributed by atoms with Crippen molar-refractivity contribution in [3.05, 3.63) is 71.0 Å². The van der Waals surface area contributed by atoms with E-state index in [1.807, 2.05) is 0 Å². The molecule has 3 nitrogen and oxygen atoms in total. The summed E-state index contributed by atoms with van der Waals surface area (Å²) in [5, 5.41) is 3.06. The number of hydrogen-bond acceptors (Lipinski definition) is 2. The Morgan fingerprint density at radius 3 is 2.19 bits per heavy atom. The number of benzene rings is 2. The van der Waals surface area contributed by atoms with Crippen molar-refractivity contribution in [1.29, 1.82) is 0 Å². The molecule has 2 aliphatic rings. The van der Waals surface area contributed by atoms with E-state index < -0.39 is 5.41 Å². The Kier molecular flexibility index (Phi) is 4.77. The van der Waals surface area contributed by atoms with Crippen LogP contribution in [0.1, 0.15) is 42.4 Å². The Labute approximate surface area is 154 Å². The Morgan fingerprint density at radius 1 is 0.962 bits per heavy atom. The molecule has 1 aliphatic heterocycles. The second-order valence-electron chi connectivity index (χ2n) is 7.57. The van der Waals surface area contributed by atoms with Crippen molar-refractivity contribution in [2.45, 2.75) is 44.2 Å². The van der Waals surface area contributed by atoms with Gasteiger partial charge in [0.2, 0.25) is 5.91 Å². The van der Waals surface area contributed by atoms with E-state index in [-0.39, 0.29) is 11.7 Å². The lowest BCUT2D eigenvalue weighted by atomic mass is 9.95. The molecule has 1 N–H and O–H groups in total. The van der Waals surface area contributed by atoms with E-state index in [4.69, 9.17) is 0 Å². The number of carbonyl (C=O) groups is 1. The van der Waals surface area contributed by atoms with Gasteiger partial charge in [-0.15, -0.1) is 0 Å². The molecule has 1 heterocycles. The smallest absolute Gasteiger partial charge is 0.230 e. The van der Waals surface area contributed by atoms with Gasteiger partial charge in [-0.05, 0) is 67.6 Å². The molecule has 0 bridgehead atoms. The Morgan fingerprint density at radius 2 is 1.58 bits per heavy atom. The SMILES string of the molecule is O=C(NCc1ccc(CN2CCCC2)cc1)C1(c2ccc(F)cc2)CC1. The van der Waals surface area contributed by atoms with Crippen LogP contribution in [0.2, 0.25) is 0 Å². The second kappa shape index (κ2) is 7.20. The quantitative estimate of drug-likeness (QED) is 0.858. The molecule has 2 fully saturated rings. The minimum atomic E-state index is -0.455.